The Morgan fingerprint density at radius 1 is 1.39 bits per heavy atom. The van der Waals surface area contributed by atoms with Crippen molar-refractivity contribution in [2.75, 3.05) is 51.4 Å². The molecule has 0 aromatic carbocycles. The predicted octanol–water partition coefficient (Wildman–Crippen LogP) is 0.614. The van der Waals surface area contributed by atoms with Crippen LogP contribution >= 0.6 is 0 Å². The Labute approximate surface area is 163 Å². The lowest BCUT2D eigenvalue weighted by Crippen LogP contribution is -2.57. The van der Waals surface area contributed by atoms with E-state index in [1.54, 1.807) is 42.7 Å². The second-order valence-electron chi connectivity index (χ2n) is 6.92. The van der Waals surface area contributed by atoms with Crippen LogP contribution in [-0.4, -0.2) is 77.5 Å². The molecule has 0 radical (unpaired) electrons. The molecule has 2 aromatic rings. The summed E-state index contributed by atoms with van der Waals surface area (Å²) in [5.41, 5.74) is 1.65. The van der Waals surface area contributed by atoms with Gasteiger partial charge in [0.05, 0.1) is 24.1 Å². The van der Waals surface area contributed by atoms with Crippen molar-refractivity contribution in [1.82, 2.24) is 24.8 Å². The third-order valence-electron chi connectivity index (χ3n) is 4.37. The first-order chi connectivity index (χ1) is 13.5. The van der Waals surface area contributed by atoms with Gasteiger partial charge in [-0.05, 0) is 20.2 Å². The van der Waals surface area contributed by atoms with Crippen molar-refractivity contribution < 1.29 is 4.79 Å². The Morgan fingerprint density at radius 2 is 2.18 bits per heavy atom. The highest BCUT2D eigenvalue weighted by molar-refractivity contribution is 5.88. The number of carbonyl (C=O) groups is 1. The second kappa shape index (κ2) is 8.66. The Morgan fingerprint density at radius 3 is 2.89 bits per heavy atom. The second-order valence-corrected chi connectivity index (χ2v) is 6.92. The molecule has 28 heavy (non-hydrogen) atoms. The maximum Gasteiger partial charge on any atom is 0.271 e. The van der Waals surface area contributed by atoms with Crippen molar-refractivity contribution >= 4 is 17.4 Å². The highest BCUT2D eigenvalue weighted by Crippen LogP contribution is 2.20. The van der Waals surface area contributed by atoms with Crippen molar-refractivity contribution in [2.45, 2.75) is 6.04 Å². The van der Waals surface area contributed by atoms with Crippen molar-refractivity contribution in [3.05, 3.63) is 47.2 Å². The molecule has 2 aromatic heterocycles. The van der Waals surface area contributed by atoms with E-state index in [0.29, 0.717) is 30.3 Å². The summed E-state index contributed by atoms with van der Waals surface area (Å²) in [5, 5.41) is 6.15. The number of H-pyrrole nitrogens is 1. The van der Waals surface area contributed by atoms with E-state index in [2.05, 4.69) is 25.6 Å². The highest BCUT2D eigenvalue weighted by Gasteiger charge is 2.29. The first-order valence-electron chi connectivity index (χ1n) is 9.06. The average Bonchev–Trinajstić information content (AvgIpc) is 2.65. The zero-order chi connectivity index (χ0) is 20.1. The number of likely N-dealkylation sites (tertiary alicyclic amines) is 1. The van der Waals surface area contributed by atoms with Gasteiger partial charge in [0.1, 0.15) is 11.5 Å². The smallest absolute Gasteiger partial charge is 0.271 e. The minimum atomic E-state index is -0.211. The fourth-order valence-electron chi connectivity index (χ4n) is 2.80. The summed E-state index contributed by atoms with van der Waals surface area (Å²) in [5.74, 6) is 0.635. The monoisotopic (exact) mass is 383 g/mol. The van der Waals surface area contributed by atoms with Gasteiger partial charge >= 0.3 is 0 Å². The van der Waals surface area contributed by atoms with Crippen molar-refractivity contribution in [3.8, 4) is 11.3 Å². The number of nitrogens with zero attached hydrogens (tertiary/aromatic N) is 4. The van der Waals surface area contributed by atoms with Crippen LogP contribution in [0.4, 0.5) is 11.5 Å². The van der Waals surface area contributed by atoms with E-state index >= 15 is 0 Å². The molecular formula is C19H25N7O2. The number of likely N-dealkylation sites (N-methyl/N-ethyl adjacent to an activating group) is 1. The van der Waals surface area contributed by atoms with Crippen LogP contribution < -0.4 is 16.2 Å². The maximum atomic E-state index is 12.2. The fraction of sp³-hybridized carbons (Fsp3) is 0.368. The molecule has 9 heteroatoms. The van der Waals surface area contributed by atoms with Gasteiger partial charge in [0.2, 0.25) is 5.91 Å². The molecule has 0 bridgehead atoms. The number of nitrogens with one attached hydrogen (secondary N) is 3. The van der Waals surface area contributed by atoms with Crippen LogP contribution in [0.1, 0.15) is 0 Å². The van der Waals surface area contributed by atoms with Gasteiger partial charge < -0.3 is 25.4 Å². The lowest BCUT2D eigenvalue weighted by atomic mass is 10.1. The first kappa shape index (κ1) is 19.6. The predicted molar refractivity (Wildman–Crippen MR) is 109 cm³/mol. The van der Waals surface area contributed by atoms with E-state index < -0.39 is 0 Å². The molecule has 1 saturated heterocycles. The number of aromatic nitrogens is 3. The number of anilines is 2. The molecule has 3 N–H and O–H groups in total. The van der Waals surface area contributed by atoms with Crippen LogP contribution in [0, 0.1) is 0 Å². The number of carbonyl (C=O) groups excluding carboxylic acids is 1. The van der Waals surface area contributed by atoms with Gasteiger partial charge in [0.15, 0.2) is 0 Å². The van der Waals surface area contributed by atoms with Crippen LogP contribution in [0.2, 0.25) is 0 Å². The summed E-state index contributed by atoms with van der Waals surface area (Å²) in [6.45, 7) is 1.84. The van der Waals surface area contributed by atoms with E-state index in [4.69, 9.17) is 0 Å². The standard InChI is InChI=1S/C19H25N7O2/c1-20-17-10-21-9-16(24-17)13-7-15(19(28)22-8-13)23-14-11-26(12-14)18(27)5-4-6-25(2)3/h4-5,7-10,14,23H,6,11-12H2,1-3H3,(H,20,24)(H,22,28)/b5-4+. The number of hydrogen-bond donors (Lipinski definition) is 3. The molecule has 3 heterocycles. The molecule has 0 unspecified atom stereocenters. The molecule has 0 saturated carbocycles. The summed E-state index contributed by atoms with van der Waals surface area (Å²) in [4.78, 5) is 39.3. The van der Waals surface area contributed by atoms with E-state index in [0.717, 1.165) is 12.1 Å². The zero-order valence-corrected chi connectivity index (χ0v) is 16.3. The fourth-order valence-corrected chi connectivity index (χ4v) is 2.80. The number of hydrogen-bond acceptors (Lipinski definition) is 7. The summed E-state index contributed by atoms with van der Waals surface area (Å²) in [6, 6.07) is 1.79. The lowest BCUT2D eigenvalue weighted by Gasteiger charge is -2.39. The molecule has 1 aliphatic heterocycles. The molecule has 1 aliphatic rings. The average molecular weight is 383 g/mol. The number of aromatic amines is 1. The van der Waals surface area contributed by atoms with E-state index in [1.165, 1.54) is 0 Å². The number of rotatable bonds is 7. The van der Waals surface area contributed by atoms with Gasteiger partial charge in [0, 0.05) is 44.5 Å². The zero-order valence-electron chi connectivity index (χ0n) is 16.3. The normalized spacial score (nSPS) is 14.4. The molecule has 9 nitrogen and oxygen atoms in total. The summed E-state index contributed by atoms with van der Waals surface area (Å²) in [6.07, 6.45) is 8.32. The first-order valence-corrected chi connectivity index (χ1v) is 9.06. The van der Waals surface area contributed by atoms with Gasteiger partial charge in [-0.1, -0.05) is 6.08 Å². The third-order valence-corrected chi connectivity index (χ3v) is 4.37. The Hall–Kier alpha value is -3.20. The minimum Gasteiger partial charge on any atom is -0.374 e. The van der Waals surface area contributed by atoms with Crippen LogP contribution in [-0.2, 0) is 4.79 Å². The minimum absolute atomic E-state index is 0.0123. The van der Waals surface area contributed by atoms with Crippen LogP contribution in [0.25, 0.3) is 11.3 Å². The Balaban J connectivity index is 1.62. The lowest BCUT2D eigenvalue weighted by molar-refractivity contribution is -0.129. The van der Waals surface area contributed by atoms with E-state index in [-0.39, 0.29) is 17.5 Å². The van der Waals surface area contributed by atoms with Crippen molar-refractivity contribution in [3.63, 3.8) is 0 Å². The van der Waals surface area contributed by atoms with Gasteiger partial charge in [-0.25, -0.2) is 4.98 Å². The Bertz CT molecular complexity index is 916. The Kier molecular flexibility index (Phi) is 6.05. The molecule has 3 rings (SSSR count). The van der Waals surface area contributed by atoms with E-state index in [9.17, 15) is 9.59 Å². The topological polar surface area (TPSA) is 106 Å². The molecule has 0 atom stereocenters. The van der Waals surface area contributed by atoms with Crippen LogP contribution in [0.5, 0.6) is 0 Å². The van der Waals surface area contributed by atoms with Gasteiger partial charge in [-0.3, -0.25) is 14.6 Å². The number of amides is 1. The third kappa shape index (κ3) is 4.74. The highest BCUT2D eigenvalue weighted by atomic mass is 16.2. The molecule has 1 fully saturated rings. The van der Waals surface area contributed by atoms with Gasteiger partial charge in [-0.2, -0.15) is 0 Å². The van der Waals surface area contributed by atoms with Crippen LogP contribution in [0.15, 0.2) is 41.6 Å². The largest absolute Gasteiger partial charge is 0.374 e. The summed E-state index contributed by atoms with van der Waals surface area (Å²) in [7, 11) is 5.67. The summed E-state index contributed by atoms with van der Waals surface area (Å²) < 4.78 is 0. The number of pyridine rings is 1. The summed E-state index contributed by atoms with van der Waals surface area (Å²) >= 11 is 0. The van der Waals surface area contributed by atoms with Gasteiger partial charge in [-0.15, -0.1) is 0 Å². The molecular weight excluding hydrogens is 358 g/mol. The molecule has 1 amide bonds. The van der Waals surface area contributed by atoms with E-state index in [1.807, 2.05) is 25.1 Å². The van der Waals surface area contributed by atoms with Crippen LogP contribution in [0.3, 0.4) is 0 Å². The molecule has 0 spiro atoms. The SMILES string of the molecule is CNc1cncc(-c2c[nH]c(=O)c(NC3CN(C(=O)/C=C/CN(C)C)C3)c2)n1. The quantitative estimate of drug-likeness (QED) is 0.602. The van der Waals surface area contributed by atoms with Crippen molar-refractivity contribution in [2.24, 2.45) is 0 Å². The van der Waals surface area contributed by atoms with Crippen molar-refractivity contribution in [1.29, 1.82) is 0 Å². The maximum absolute atomic E-state index is 12.2. The molecule has 0 aliphatic carbocycles. The molecule has 148 valence electrons. The van der Waals surface area contributed by atoms with Gasteiger partial charge in [0.25, 0.3) is 5.56 Å².